The number of nitrogens with zero attached hydrogens (tertiary/aromatic N) is 1. The minimum atomic E-state index is -4.55. The molecule has 2 rings (SSSR count). The summed E-state index contributed by atoms with van der Waals surface area (Å²) in [5.74, 6) is -1.39. The lowest BCUT2D eigenvalue weighted by atomic mass is 9.99. The first kappa shape index (κ1) is 25.3. The molecule has 31 heavy (non-hydrogen) atoms. The Labute approximate surface area is 183 Å². The van der Waals surface area contributed by atoms with Crippen LogP contribution in [-0.4, -0.2) is 43.9 Å². The van der Waals surface area contributed by atoms with Crippen LogP contribution in [-0.2, 0) is 15.0 Å². The average Bonchev–Trinajstić information content (AvgIpc) is 2.66. The largest absolute Gasteiger partial charge is 0.412 e. The van der Waals surface area contributed by atoms with E-state index in [1.165, 1.54) is 31.3 Å². The zero-order valence-corrected chi connectivity index (χ0v) is 18.3. The molecule has 1 heterocycles. The van der Waals surface area contributed by atoms with Crippen LogP contribution < -0.4 is 10.0 Å². The van der Waals surface area contributed by atoms with Crippen molar-refractivity contribution in [3.63, 3.8) is 0 Å². The molecule has 12 heteroatoms. The highest BCUT2D eigenvalue weighted by Crippen LogP contribution is 2.31. The van der Waals surface area contributed by atoms with Crippen LogP contribution in [0, 0.1) is 5.82 Å². The lowest BCUT2D eigenvalue weighted by Gasteiger charge is -2.36. The summed E-state index contributed by atoms with van der Waals surface area (Å²) in [6.07, 6.45) is -1.54. The minimum Gasteiger partial charge on any atom is -0.325 e. The maximum absolute atomic E-state index is 13.3. The Kier molecular flexibility index (Phi) is 8.26. The van der Waals surface area contributed by atoms with Crippen molar-refractivity contribution in [3.05, 3.63) is 52.8 Å². The Bertz CT molecular complexity index is 980. The smallest absolute Gasteiger partial charge is 0.325 e. The molecule has 0 spiro atoms. The van der Waals surface area contributed by atoms with Gasteiger partial charge in [-0.15, -0.1) is 0 Å². The Balaban J connectivity index is 2.16. The molecular weight excluding hydrogens is 462 g/mol. The van der Waals surface area contributed by atoms with Crippen molar-refractivity contribution in [3.8, 4) is 0 Å². The van der Waals surface area contributed by atoms with Gasteiger partial charge in [-0.25, -0.2) is 4.39 Å². The van der Waals surface area contributed by atoms with E-state index >= 15 is 0 Å². The topological polar surface area (TPSA) is 78.5 Å². The molecule has 1 fully saturated rings. The van der Waals surface area contributed by atoms with Gasteiger partial charge < -0.3 is 5.32 Å². The lowest BCUT2D eigenvalue weighted by molar-refractivity contribution is -0.120. The molecule has 0 aliphatic carbocycles. The van der Waals surface area contributed by atoms with E-state index in [4.69, 9.17) is 11.6 Å². The molecule has 0 bridgehead atoms. The first-order valence-corrected chi connectivity index (χ1v) is 11.1. The molecule has 0 saturated carbocycles. The standard InChI is InChI=1S/C19H22ClF4N3O3S/c1-3-4-5-12(19(22,23)24)6-7-14-11-17(27(2)31(29,30)26-14)18(28)25-13-8-9-16(21)15(20)10-13/h3-5,8-10,14,17,26H,6-7,11H2,1-2H3,(H,25,28)/b4-3-,12-5+. The molecule has 6 nitrogen and oxygen atoms in total. The van der Waals surface area contributed by atoms with Gasteiger partial charge in [0.25, 0.3) is 10.2 Å². The molecule has 2 unspecified atom stereocenters. The van der Waals surface area contributed by atoms with Crippen molar-refractivity contribution in [2.24, 2.45) is 0 Å². The lowest BCUT2D eigenvalue weighted by Crippen LogP contribution is -2.58. The number of rotatable bonds is 6. The summed E-state index contributed by atoms with van der Waals surface area (Å²) in [7, 11) is -2.90. The SMILES string of the molecule is C/C=C\C=C(/CCC1CC(C(=O)Nc2ccc(F)c(Cl)c2)N(C)S(=O)(=O)N1)C(F)(F)F. The number of likely N-dealkylation sites (N-methyl/N-ethyl adjacent to an activating group) is 1. The molecule has 1 saturated heterocycles. The second-order valence-electron chi connectivity index (χ2n) is 6.96. The Morgan fingerprint density at radius 1 is 1.39 bits per heavy atom. The van der Waals surface area contributed by atoms with Crippen LogP contribution in [0.15, 0.2) is 42.0 Å². The van der Waals surface area contributed by atoms with Crippen LogP contribution in [0.25, 0.3) is 0 Å². The van der Waals surface area contributed by atoms with Gasteiger partial charge in [0.2, 0.25) is 5.91 Å². The van der Waals surface area contributed by atoms with Crippen LogP contribution >= 0.6 is 11.6 Å². The predicted molar refractivity (Wildman–Crippen MR) is 110 cm³/mol. The summed E-state index contributed by atoms with van der Waals surface area (Å²) in [6.45, 7) is 1.58. The number of allylic oxidation sites excluding steroid dienone is 4. The number of nitrogens with one attached hydrogen (secondary N) is 2. The molecule has 2 N–H and O–H groups in total. The van der Waals surface area contributed by atoms with Gasteiger partial charge in [-0.05, 0) is 44.4 Å². The fraction of sp³-hybridized carbons (Fsp3) is 0.421. The summed E-state index contributed by atoms with van der Waals surface area (Å²) in [4.78, 5) is 12.7. The van der Waals surface area contributed by atoms with Gasteiger partial charge in [-0.3, -0.25) is 4.79 Å². The Hall–Kier alpha value is -1.95. The molecule has 1 aromatic rings. The third kappa shape index (κ3) is 6.76. The van der Waals surface area contributed by atoms with E-state index in [1.54, 1.807) is 6.92 Å². The molecule has 172 valence electrons. The van der Waals surface area contributed by atoms with E-state index in [-0.39, 0.29) is 23.6 Å². The number of halogens is 5. The van der Waals surface area contributed by atoms with Gasteiger partial charge in [-0.2, -0.15) is 30.6 Å². The summed E-state index contributed by atoms with van der Waals surface area (Å²) in [5, 5.41) is 2.23. The van der Waals surface area contributed by atoms with Crippen molar-refractivity contribution in [1.82, 2.24) is 9.03 Å². The number of hydrogen-bond acceptors (Lipinski definition) is 3. The summed E-state index contributed by atoms with van der Waals surface area (Å²) >= 11 is 5.68. The third-order valence-electron chi connectivity index (χ3n) is 4.75. The van der Waals surface area contributed by atoms with Gasteiger partial charge in [0, 0.05) is 24.4 Å². The van der Waals surface area contributed by atoms with E-state index in [2.05, 4.69) is 10.0 Å². The van der Waals surface area contributed by atoms with Crippen molar-refractivity contribution < 1.29 is 30.8 Å². The molecule has 1 aromatic carbocycles. The summed E-state index contributed by atoms with van der Waals surface area (Å²) < 4.78 is 80.7. The second-order valence-corrected chi connectivity index (χ2v) is 9.13. The number of anilines is 1. The maximum atomic E-state index is 13.3. The molecule has 2 atom stereocenters. The predicted octanol–water partition coefficient (Wildman–Crippen LogP) is 4.17. The molecule has 1 aliphatic rings. The number of benzene rings is 1. The molecular formula is C19H22ClF4N3O3S. The molecule has 0 radical (unpaired) electrons. The first-order valence-electron chi connectivity index (χ1n) is 9.25. The highest BCUT2D eigenvalue weighted by molar-refractivity contribution is 7.87. The first-order chi connectivity index (χ1) is 14.3. The fourth-order valence-electron chi connectivity index (χ4n) is 3.04. The number of carbonyl (C=O) groups is 1. The van der Waals surface area contributed by atoms with Crippen LogP contribution in [0.3, 0.4) is 0 Å². The maximum Gasteiger partial charge on any atom is 0.412 e. The summed E-state index contributed by atoms with van der Waals surface area (Å²) in [6, 6.07) is 1.41. The van der Waals surface area contributed by atoms with E-state index < -0.39 is 52.2 Å². The van der Waals surface area contributed by atoms with Crippen LogP contribution in [0.2, 0.25) is 5.02 Å². The van der Waals surface area contributed by atoms with Crippen LogP contribution in [0.4, 0.5) is 23.2 Å². The summed E-state index contributed by atoms with van der Waals surface area (Å²) in [5.41, 5.74) is -0.642. The highest BCUT2D eigenvalue weighted by Gasteiger charge is 2.41. The number of amides is 1. The molecule has 1 aliphatic heterocycles. The number of hydrogen-bond donors (Lipinski definition) is 2. The minimum absolute atomic E-state index is 0.0504. The highest BCUT2D eigenvalue weighted by atomic mass is 35.5. The van der Waals surface area contributed by atoms with Crippen LogP contribution in [0.5, 0.6) is 0 Å². The van der Waals surface area contributed by atoms with Crippen molar-refractivity contribution >= 4 is 33.4 Å². The van der Waals surface area contributed by atoms with E-state index in [0.29, 0.717) is 0 Å². The Morgan fingerprint density at radius 2 is 2.06 bits per heavy atom. The monoisotopic (exact) mass is 483 g/mol. The third-order valence-corrected chi connectivity index (χ3v) is 6.68. The second kappa shape index (κ2) is 10.1. The van der Waals surface area contributed by atoms with Gasteiger partial charge in [0.1, 0.15) is 11.9 Å². The van der Waals surface area contributed by atoms with Gasteiger partial charge in [0.15, 0.2) is 0 Å². The molecule has 0 aromatic heterocycles. The average molecular weight is 484 g/mol. The molecule has 1 amide bonds. The zero-order chi connectivity index (χ0) is 23.4. The van der Waals surface area contributed by atoms with E-state index in [9.17, 15) is 30.8 Å². The van der Waals surface area contributed by atoms with E-state index in [1.807, 2.05) is 0 Å². The number of carbonyl (C=O) groups excluding carboxylic acids is 1. The zero-order valence-electron chi connectivity index (χ0n) is 16.7. The Morgan fingerprint density at radius 3 is 2.65 bits per heavy atom. The van der Waals surface area contributed by atoms with Crippen molar-refractivity contribution in [2.45, 2.75) is 44.4 Å². The van der Waals surface area contributed by atoms with Gasteiger partial charge >= 0.3 is 6.18 Å². The number of alkyl halides is 3. The van der Waals surface area contributed by atoms with Gasteiger partial charge in [-0.1, -0.05) is 29.8 Å². The quantitative estimate of drug-likeness (QED) is 0.471. The van der Waals surface area contributed by atoms with Crippen molar-refractivity contribution in [1.29, 1.82) is 0 Å². The van der Waals surface area contributed by atoms with Gasteiger partial charge in [0.05, 0.1) is 5.02 Å². The van der Waals surface area contributed by atoms with Crippen molar-refractivity contribution in [2.75, 3.05) is 12.4 Å². The van der Waals surface area contributed by atoms with Crippen LogP contribution in [0.1, 0.15) is 26.2 Å². The normalized spacial score (nSPS) is 22.6. The fourth-order valence-corrected chi connectivity index (χ4v) is 4.54. The van der Waals surface area contributed by atoms with E-state index in [0.717, 1.165) is 16.4 Å².